The van der Waals surface area contributed by atoms with Gasteiger partial charge in [-0.05, 0) is 11.6 Å². The number of hydrogen-bond donors (Lipinski definition) is 1. The van der Waals surface area contributed by atoms with E-state index < -0.39 is 22.5 Å². The molecule has 0 saturated carbocycles. The summed E-state index contributed by atoms with van der Waals surface area (Å²) in [6.45, 7) is 1.17. The van der Waals surface area contributed by atoms with Crippen molar-refractivity contribution in [3.05, 3.63) is 53.0 Å². The van der Waals surface area contributed by atoms with Crippen molar-refractivity contribution in [3.8, 4) is 0 Å². The van der Waals surface area contributed by atoms with Crippen molar-refractivity contribution in [1.29, 1.82) is 0 Å². The minimum absolute atomic E-state index is 0.159. The average molecular weight is 351 g/mol. The first-order valence-corrected chi connectivity index (χ1v) is 8.73. The van der Waals surface area contributed by atoms with E-state index in [1.165, 1.54) is 6.08 Å². The second kappa shape index (κ2) is 8.37. The predicted molar refractivity (Wildman–Crippen MR) is 85.9 cm³/mol. The first-order valence-electron chi connectivity index (χ1n) is 7.18. The Kier molecular flexibility index (Phi) is 6.21. The highest BCUT2D eigenvalue weighted by Crippen LogP contribution is 2.03. The zero-order chi connectivity index (χ0) is 17.4. The van der Waals surface area contributed by atoms with Crippen molar-refractivity contribution in [2.45, 2.75) is 20.0 Å². The molecule has 0 aliphatic carbocycles. The van der Waals surface area contributed by atoms with Crippen molar-refractivity contribution in [2.24, 2.45) is 0 Å². The first-order chi connectivity index (χ1) is 11.5. The van der Waals surface area contributed by atoms with Crippen molar-refractivity contribution >= 4 is 22.1 Å². The molecular formula is C15H17N3O5S. The molecule has 1 aromatic heterocycles. The number of carbonyl (C=O) groups is 1. The van der Waals surface area contributed by atoms with Crippen LogP contribution in [0.3, 0.4) is 0 Å². The van der Waals surface area contributed by atoms with Crippen LogP contribution in [-0.2, 0) is 32.6 Å². The number of rotatable bonds is 8. The zero-order valence-electron chi connectivity index (χ0n) is 13.0. The Morgan fingerprint density at radius 2 is 2.08 bits per heavy atom. The monoisotopic (exact) mass is 351 g/mol. The maximum Gasteiger partial charge on any atom is 0.321 e. The normalized spacial score (nSPS) is 11.7. The molecule has 0 amide bonds. The predicted octanol–water partition coefficient (Wildman–Crippen LogP) is 1.27. The van der Waals surface area contributed by atoms with E-state index in [0.717, 1.165) is 11.0 Å². The van der Waals surface area contributed by atoms with E-state index in [2.05, 4.69) is 14.9 Å². The molecular weight excluding hydrogens is 334 g/mol. The number of hydrogen-bond acceptors (Lipinski definition) is 7. The summed E-state index contributed by atoms with van der Waals surface area (Å²) >= 11 is 0. The molecule has 24 heavy (non-hydrogen) atoms. The van der Waals surface area contributed by atoms with E-state index in [4.69, 9.17) is 9.26 Å². The van der Waals surface area contributed by atoms with Crippen LogP contribution in [0.5, 0.6) is 0 Å². The number of sulfonamides is 1. The number of aromatic nitrogens is 2. The summed E-state index contributed by atoms with van der Waals surface area (Å²) in [5.41, 5.74) is 0.730. The maximum absolute atomic E-state index is 11.8. The van der Waals surface area contributed by atoms with Crippen LogP contribution in [0.25, 0.3) is 6.08 Å². The van der Waals surface area contributed by atoms with Crippen molar-refractivity contribution in [2.75, 3.05) is 6.54 Å². The Morgan fingerprint density at radius 1 is 1.33 bits per heavy atom. The van der Waals surface area contributed by atoms with Gasteiger partial charge in [0.25, 0.3) is 5.89 Å². The number of carbonyl (C=O) groups excluding carboxylic acids is 1. The van der Waals surface area contributed by atoms with Crippen molar-refractivity contribution in [3.63, 3.8) is 0 Å². The molecule has 128 valence electrons. The smallest absolute Gasteiger partial charge is 0.321 e. The van der Waals surface area contributed by atoms with E-state index in [1.807, 2.05) is 13.0 Å². The molecule has 1 N–H and O–H groups in total. The maximum atomic E-state index is 11.8. The molecule has 1 aromatic carbocycles. The first kappa shape index (κ1) is 17.8. The fraction of sp³-hybridized carbons (Fsp3) is 0.267. The van der Waals surface area contributed by atoms with Crippen LogP contribution in [0.2, 0.25) is 0 Å². The van der Waals surface area contributed by atoms with E-state index in [1.54, 1.807) is 24.3 Å². The largest absolute Gasteiger partial charge is 0.455 e. The number of ether oxygens (including phenoxy) is 1. The van der Waals surface area contributed by atoms with Gasteiger partial charge in [0.15, 0.2) is 12.4 Å². The van der Waals surface area contributed by atoms with Crippen LogP contribution < -0.4 is 4.72 Å². The molecule has 0 atom stereocenters. The Hall–Kier alpha value is -2.52. The third-order valence-corrected chi connectivity index (χ3v) is 3.88. The Morgan fingerprint density at radius 3 is 2.75 bits per heavy atom. The highest BCUT2D eigenvalue weighted by molar-refractivity contribution is 7.92. The van der Waals surface area contributed by atoms with E-state index in [-0.39, 0.29) is 12.5 Å². The molecule has 2 aromatic rings. The average Bonchev–Trinajstić information content (AvgIpc) is 3.06. The second-order valence-electron chi connectivity index (χ2n) is 4.70. The van der Waals surface area contributed by atoms with Crippen LogP contribution in [-0.4, -0.2) is 31.1 Å². The third kappa shape index (κ3) is 5.94. The highest BCUT2D eigenvalue weighted by Gasteiger charge is 2.12. The molecule has 0 fully saturated rings. The van der Waals surface area contributed by atoms with Crippen LogP contribution in [0.4, 0.5) is 0 Å². The quantitative estimate of drug-likeness (QED) is 0.713. The van der Waals surface area contributed by atoms with Gasteiger partial charge in [0.1, 0.15) is 6.54 Å². The third-order valence-electron chi connectivity index (χ3n) is 2.84. The number of nitrogens with one attached hydrogen (secondary N) is 1. The molecule has 0 bridgehead atoms. The van der Waals surface area contributed by atoms with E-state index in [9.17, 15) is 13.2 Å². The summed E-state index contributed by atoms with van der Waals surface area (Å²) < 4.78 is 35.4. The summed E-state index contributed by atoms with van der Waals surface area (Å²) in [5.74, 6) is -0.0808. The van der Waals surface area contributed by atoms with E-state index in [0.29, 0.717) is 12.2 Å². The van der Waals surface area contributed by atoms with Crippen LogP contribution in [0.15, 0.2) is 40.3 Å². The minimum Gasteiger partial charge on any atom is -0.455 e. The van der Waals surface area contributed by atoms with Gasteiger partial charge >= 0.3 is 5.97 Å². The summed E-state index contributed by atoms with van der Waals surface area (Å²) in [6, 6.07) is 8.93. The molecule has 0 aliphatic rings. The highest BCUT2D eigenvalue weighted by atomic mass is 32.2. The molecule has 0 spiro atoms. The van der Waals surface area contributed by atoms with Gasteiger partial charge in [0, 0.05) is 11.8 Å². The fourth-order valence-corrected chi connectivity index (χ4v) is 2.38. The summed E-state index contributed by atoms with van der Waals surface area (Å²) in [7, 11) is -3.74. The van der Waals surface area contributed by atoms with Crippen LogP contribution in [0.1, 0.15) is 24.2 Å². The van der Waals surface area contributed by atoms with Crippen molar-refractivity contribution < 1.29 is 22.5 Å². The molecule has 9 heteroatoms. The summed E-state index contributed by atoms with van der Waals surface area (Å²) in [4.78, 5) is 15.5. The fourth-order valence-electron chi connectivity index (χ4n) is 1.63. The molecule has 2 rings (SSSR count). The van der Waals surface area contributed by atoms with Gasteiger partial charge in [-0.15, -0.1) is 0 Å². The SMILES string of the molecule is CCc1noc(COC(=O)CNS(=O)(=O)/C=C/c2ccccc2)n1. The zero-order valence-corrected chi connectivity index (χ0v) is 13.8. The van der Waals surface area contributed by atoms with Gasteiger partial charge in [-0.3, -0.25) is 4.79 Å². The summed E-state index contributed by atoms with van der Waals surface area (Å²) in [6.07, 6.45) is 2.03. The number of esters is 1. The minimum atomic E-state index is -3.74. The van der Waals surface area contributed by atoms with Gasteiger partial charge in [-0.2, -0.15) is 4.98 Å². The van der Waals surface area contributed by atoms with Gasteiger partial charge in [-0.25, -0.2) is 13.1 Å². The Balaban J connectivity index is 1.78. The lowest BCUT2D eigenvalue weighted by Crippen LogP contribution is -2.29. The lowest BCUT2D eigenvalue weighted by Gasteiger charge is -2.03. The molecule has 0 aliphatic heterocycles. The van der Waals surface area contributed by atoms with Gasteiger partial charge in [-0.1, -0.05) is 42.4 Å². The number of benzene rings is 1. The topological polar surface area (TPSA) is 111 Å². The molecule has 8 nitrogen and oxygen atoms in total. The van der Waals surface area contributed by atoms with Crippen molar-refractivity contribution in [1.82, 2.24) is 14.9 Å². The molecule has 0 unspecified atom stereocenters. The Bertz CT molecular complexity index is 800. The second-order valence-corrected chi connectivity index (χ2v) is 6.35. The molecule has 0 saturated heterocycles. The lowest BCUT2D eigenvalue weighted by molar-refractivity contribution is -0.144. The van der Waals surface area contributed by atoms with Crippen LogP contribution in [0, 0.1) is 0 Å². The standard InChI is InChI=1S/C15H17N3O5S/c1-2-13-17-14(23-18-13)11-22-15(19)10-16-24(20,21)9-8-12-6-4-3-5-7-12/h3-9,16H,2,10-11H2,1H3/b9-8+. The van der Waals surface area contributed by atoms with Gasteiger partial charge in [0.2, 0.25) is 10.0 Å². The molecule has 1 heterocycles. The van der Waals surface area contributed by atoms with Crippen LogP contribution >= 0.6 is 0 Å². The summed E-state index contributed by atoms with van der Waals surface area (Å²) in [5, 5.41) is 4.64. The number of aryl methyl sites for hydroxylation is 1. The van der Waals surface area contributed by atoms with E-state index >= 15 is 0 Å². The van der Waals surface area contributed by atoms with Gasteiger partial charge in [0.05, 0.1) is 0 Å². The number of nitrogens with zero attached hydrogens (tertiary/aromatic N) is 2. The Labute approximate surface area is 139 Å². The van der Waals surface area contributed by atoms with Gasteiger partial charge < -0.3 is 9.26 Å². The molecule has 0 radical (unpaired) electrons. The lowest BCUT2D eigenvalue weighted by atomic mass is 10.2.